The fourth-order valence-corrected chi connectivity index (χ4v) is 3.27. The number of hydrogen-bond acceptors (Lipinski definition) is 4. The number of nitrogens with zero attached hydrogens (tertiary/aromatic N) is 4. The van der Waals surface area contributed by atoms with Crippen molar-refractivity contribution in [1.82, 2.24) is 19.3 Å². The number of imidazole rings is 1. The third-order valence-electron chi connectivity index (χ3n) is 4.03. The summed E-state index contributed by atoms with van der Waals surface area (Å²) in [5.74, 6) is -0.778. The highest BCUT2D eigenvalue weighted by molar-refractivity contribution is 7.99. The van der Waals surface area contributed by atoms with Gasteiger partial charge >= 0.3 is 5.97 Å². The zero-order valence-electron chi connectivity index (χ0n) is 12.6. The molecule has 1 saturated carbocycles. The van der Waals surface area contributed by atoms with E-state index in [2.05, 4.69) is 28.5 Å². The average Bonchev–Trinajstić information content (AvgIpc) is 2.93. The number of fused-ring (bicyclic) bond motifs is 1. The molecule has 2 heterocycles. The number of aromatic nitrogens is 4. The van der Waals surface area contributed by atoms with E-state index in [9.17, 15) is 4.79 Å². The summed E-state index contributed by atoms with van der Waals surface area (Å²) in [7, 11) is 0. The lowest BCUT2D eigenvalue weighted by Crippen LogP contribution is -2.13. The van der Waals surface area contributed by atoms with Crippen molar-refractivity contribution >= 4 is 28.9 Å². The van der Waals surface area contributed by atoms with Crippen molar-refractivity contribution < 1.29 is 9.90 Å². The van der Waals surface area contributed by atoms with E-state index in [1.807, 2.05) is 11.6 Å². The summed E-state index contributed by atoms with van der Waals surface area (Å²) >= 11 is 1.29. The Bertz CT molecular complexity index is 699. The van der Waals surface area contributed by atoms with Gasteiger partial charge < -0.3 is 9.67 Å². The maximum atomic E-state index is 10.8. The van der Waals surface area contributed by atoms with Crippen LogP contribution in [0.15, 0.2) is 5.16 Å². The fourth-order valence-electron chi connectivity index (χ4n) is 2.56. The van der Waals surface area contributed by atoms with Gasteiger partial charge in [0.1, 0.15) is 5.52 Å². The van der Waals surface area contributed by atoms with Crippen LogP contribution in [0.2, 0.25) is 0 Å². The van der Waals surface area contributed by atoms with E-state index in [1.54, 1.807) is 0 Å². The molecule has 0 spiro atoms. The van der Waals surface area contributed by atoms with Crippen LogP contribution in [0.3, 0.4) is 0 Å². The topological polar surface area (TPSA) is 72.9 Å². The lowest BCUT2D eigenvalue weighted by atomic mass is 10.1. The van der Waals surface area contributed by atoms with E-state index in [0.717, 1.165) is 35.1 Å². The van der Waals surface area contributed by atoms with Crippen molar-refractivity contribution in [2.75, 3.05) is 5.75 Å². The van der Waals surface area contributed by atoms with Gasteiger partial charge in [0.2, 0.25) is 0 Å². The van der Waals surface area contributed by atoms with Gasteiger partial charge in [-0.1, -0.05) is 18.7 Å². The average molecular weight is 308 g/mol. The summed E-state index contributed by atoms with van der Waals surface area (Å²) in [6, 6.07) is 0. The molecule has 0 unspecified atom stereocenters. The minimum Gasteiger partial charge on any atom is -0.481 e. The zero-order chi connectivity index (χ0) is 15.2. The van der Waals surface area contributed by atoms with Crippen molar-refractivity contribution in [2.24, 2.45) is 5.41 Å². The Labute approximate surface area is 127 Å². The molecule has 1 N–H and O–H groups in total. The van der Waals surface area contributed by atoms with Crippen LogP contribution in [-0.4, -0.2) is 36.2 Å². The maximum absolute atomic E-state index is 10.8. The van der Waals surface area contributed by atoms with E-state index >= 15 is 0 Å². The highest BCUT2D eigenvalue weighted by Crippen LogP contribution is 2.47. The fraction of sp³-hybridized carbons (Fsp3) is 0.643. The van der Waals surface area contributed by atoms with Crippen molar-refractivity contribution in [3.8, 4) is 0 Å². The SMILES string of the molecule is CCn1nc(C)c2nc(SCC(=O)O)n(CC3(C)CC3)c21. The second-order valence-corrected chi connectivity index (χ2v) is 6.99. The molecule has 0 radical (unpaired) electrons. The van der Waals surface area contributed by atoms with E-state index < -0.39 is 5.97 Å². The van der Waals surface area contributed by atoms with Crippen LogP contribution in [-0.2, 0) is 17.9 Å². The molecule has 1 fully saturated rings. The van der Waals surface area contributed by atoms with E-state index in [1.165, 1.54) is 24.6 Å². The number of carboxylic acids is 1. The number of hydrogen-bond donors (Lipinski definition) is 1. The first-order valence-electron chi connectivity index (χ1n) is 7.22. The molecule has 21 heavy (non-hydrogen) atoms. The maximum Gasteiger partial charge on any atom is 0.313 e. The van der Waals surface area contributed by atoms with Gasteiger partial charge in [-0.05, 0) is 32.1 Å². The summed E-state index contributed by atoms with van der Waals surface area (Å²) in [5, 5.41) is 14.2. The molecule has 1 aliphatic rings. The highest BCUT2D eigenvalue weighted by atomic mass is 32.2. The molecule has 0 saturated heterocycles. The quantitative estimate of drug-likeness (QED) is 0.830. The molecule has 2 aromatic rings. The first-order chi connectivity index (χ1) is 9.93. The lowest BCUT2D eigenvalue weighted by Gasteiger charge is -2.14. The minimum atomic E-state index is -0.815. The van der Waals surface area contributed by atoms with Crippen LogP contribution in [0.4, 0.5) is 0 Å². The van der Waals surface area contributed by atoms with Crippen LogP contribution in [0, 0.1) is 12.3 Å². The molecule has 3 rings (SSSR count). The summed E-state index contributed by atoms with van der Waals surface area (Å²) in [6.07, 6.45) is 2.43. The standard InChI is InChI=1S/C14H20N4O2S/c1-4-18-12-11(9(2)16-18)15-13(21-7-10(19)20)17(12)8-14(3)5-6-14/h4-8H2,1-3H3,(H,19,20). The second kappa shape index (κ2) is 5.05. The third kappa shape index (κ3) is 2.66. The van der Waals surface area contributed by atoms with Crippen LogP contribution in [0.5, 0.6) is 0 Å². The van der Waals surface area contributed by atoms with Crippen LogP contribution in [0.25, 0.3) is 11.2 Å². The van der Waals surface area contributed by atoms with Crippen molar-refractivity contribution in [3.05, 3.63) is 5.69 Å². The van der Waals surface area contributed by atoms with Gasteiger partial charge in [0, 0.05) is 13.1 Å². The molecule has 0 atom stereocenters. The smallest absolute Gasteiger partial charge is 0.313 e. The lowest BCUT2D eigenvalue weighted by molar-refractivity contribution is -0.133. The molecule has 0 aromatic carbocycles. The van der Waals surface area contributed by atoms with E-state index in [0.29, 0.717) is 5.41 Å². The van der Waals surface area contributed by atoms with Crippen molar-refractivity contribution in [1.29, 1.82) is 0 Å². The third-order valence-corrected chi connectivity index (χ3v) is 4.99. The van der Waals surface area contributed by atoms with Crippen molar-refractivity contribution in [3.63, 3.8) is 0 Å². The number of carboxylic acid groups (broad SMARTS) is 1. The monoisotopic (exact) mass is 308 g/mol. The molecular weight excluding hydrogens is 288 g/mol. The zero-order valence-corrected chi connectivity index (χ0v) is 13.4. The molecule has 0 aliphatic heterocycles. The first kappa shape index (κ1) is 14.4. The predicted octanol–water partition coefficient (Wildman–Crippen LogP) is 2.54. The van der Waals surface area contributed by atoms with Gasteiger partial charge in [0.05, 0.1) is 11.4 Å². The Hall–Kier alpha value is -1.50. The van der Waals surface area contributed by atoms with Crippen LogP contribution >= 0.6 is 11.8 Å². The Balaban J connectivity index is 2.07. The minimum absolute atomic E-state index is 0.0366. The largest absolute Gasteiger partial charge is 0.481 e. The summed E-state index contributed by atoms with van der Waals surface area (Å²) in [6.45, 7) is 7.96. The molecule has 0 amide bonds. The Morgan fingerprint density at radius 1 is 1.48 bits per heavy atom. The summed E-state index contributed by atoms with van der Waals surface area (Å²) < 4.78 is 4.13. The van der Waals surface area contributed by atoms with Gasteiger partial charge in [0.25, 0.3) is 0 Å². The molecule has 114 valence electrons. The van der Waals surface area contributed by atoms with Gasteiger partial charge in [0.15, 0.2) is 10.8 Å². The Morgan fingerprint density at radius 2 is 2.19 bits per heavy atom. The number of thioether (sulfide) groups is 1. The van der Waals surface area contributed by atoms with Crippen LogP contribution < -0.4 is 0 Å². The Kier molecular flexibility index (Phi) is 3.47. The number of aliphatic carboxylic acids is 1. The number of aryl methyl sites for hydroxylation is 2. The van der Waals surface area contributed by atoms with E-state index in [4.69, 9.17) is 5.11 Å². The molecule has 7 heteroatoms. The Morgan fingerprint density at radius 3 is 2.76 bits per heavy atom. The summed E-state index contributed by atoms with van der Waals surface area (Å²) in [5.41, 5.74) is 3.15. The highest BCUT2D eigenvalue weighted by Gasteiger charge is 2.39. The molecule has 0 bridgehead atoms. The molecular formula is C14H20N4O2S. The van der Waals surface area contributed by atoms with Gasteiger partial charge in [-0.2, -0.15) is 5.10 Å². The predicted molar refractivity (Wildman–Crippen MR) is 81.6 cm³/mol. The van der Waals surface area contributed by atoms with Crippen molar-refractivity contribution in [2.45, 2.75) is 51.9 Å². The van der Waals surface area contributed by atoms with Crippen LogP contribution in [0.1, 0.15) is 32.4 Å². The normalized spacial score (nSPS) is 16.5. The van der Waals surface area contributed by atoms with E-state index in [-0.39, 0.29) is 5.75 Å². The molecule has 2 aromatic heterocycles. The van der Waals surface area contributed by atoms with Gasteiger partial charge in [-0.25, -0.2) is 9.67 Å². The molecule has 1 aliphatic carbocycles. The summed E-state index contributed by atoms with van der Waals surface area (Å²) in [4.78, 5) is 15.5. The number of carbonyl (C=O) groups is 1. The van der Waals surface area contributed by atoms with Gasteiger partial charge in [-0.3, -0.25) is 4.79 Å². The van der Waals surface area contributed by atoms with Gasteiger partial charge in [-0.15, -0.1) is 0 Å². The first-order valence-corrected chi connectivity index (χ1v) is 8.20. The second-order valence-electron chi connectivity index (χ2n) is 6.05. The molecule has 6 nitrogen and oxygen atoms in total. The number of rotatable bonds is 6.